The molecule has 6 nitrogen and oxygen atoms in total. The van der Waals surface area contributed by atoms with Gasteiger partial charge in [0.25, 0.3) is 0 Å². The van der Waals surface area contributed by atoms with Crippen LogP contribution in [0.1, 0.15) is 0 Å². The molecule has 0 aromatic heterocycles. The molecule has 0 aliphatic rings. The van der Waals surface area contributed by atoms with E-state index in [2.05, 4.69) is 0 Å². The Bertz CT molecular complexity index is 45.3. The zero-order valence-corrected chi connectivity index (χ0v) is 7.09. The molecule has 50 valence electrons. The van der Waals surface area contributed by atoms with Crippen LogP contribution < -0.4 is 22.5 Å². The molecule has 0 saturated heterocycles. The molecule has 0 saturated carbocycles. The van der Waals surface area contributed by atoms with Gasteiger partial charge in [0.1, 0.15) is 0 Å². The molecule has 0 spiro atoms. The number of hydrogen-bond donors (Lipinski definition) is 2. The molecular weight excluding hydrogens is 195 g/mol. The minimum absolute atomic E-state index is 0. The normalized spacial score (nSPS) is 3.38. The zero-order chi connectivity index (χ0) is 5.58. The molecule has 0 atom stereocenters. The molecule has 0 aliphatic heterocycles. The van der Waals surface area contributed by atoms with Crippen molar-refractivity contribution >= 4 is 6.16 Å². The number of quaternary nitrogens is 2. The van der Waals surface area contributed by atoms with Gasteiger partial charge >= 0.3 is 27.5 Å². The summed E-state index contributed by atoms with van der Waals surface area (Å²) in [5, 5.41) is 16.7. The van der Waals surface area contributed by atoms with Crippen molar-refractivity contribution in [2.45, 2.75) is 0 Å². The summed E-state index contributed by atoms with van der Waals surface area (Å²) in [7, 11) is 0. The first kappa shape index (κ1) is 24.8. The summed E-state index contributed by atoms with van der Waals surface area (Å²) in [6.45, 7) is 0. The van der Waals surface area contributed by atoms with Crippen LogP contribution in [0.2, 0.25) is 0 Å². The summed E-state index contributed by atoms with van der Waals surface area (Å²) < 4.78 is 8.34. The number of hydrogen-bond acceptors (Lipinski definition) is 4. The Hall–Kier alpha value is -0.127. The quantitative estimate of drug-likeness (QED) is 0.476. The molecule has 0 fully saturated rings. The Labute approximate surface area is 61.3 Å². The molecule has 0 aromatic rings. The summed E-state index contributed by atoms with van der Waals surface area (Å²) in [6, 6.07) is 0. The molecule has 0 radical (unpaired) electrons. The molecule has 7 heteroatoms. The van der Waals surface area contributed by atoms with E-state index in [9.17, 15) is 0 Å². The van der Waals surface area contributed by atoms with Gasteiger partial charge in [-0.1, -0.05) is 0 Å². The fraction of sp³-hybridized carbons (Fsp3) is 0. The van der Waals surface area contributed by atoms with Gasteiger partial charge in [-0.2, -0.15) is 0 Å². The maximum absolute atomic E-state index is 8.34. The van der Waals surface area contributed by atoms with Crippen LogP contribution in [0.3, 0.4) is 0 Å². The second-order valence-corrected chi connectivity index (χ2v) is 0.250. The van der Waals surface area contributed by atoms with Gasteiger partial charge in [-0.05, 0) is 6.16 Å². The molecule has 0 amide bonds. The SMILES string of the molecule is O=C([O-])[O-].[NH4+].[NH4+].[O]=[Zr]. The van der Waals surface area contributed by atoms with Gasteiger partial charge in [0.15, 0.2) is 0 Å². The topological polar surface area (TPSA) is 153 Å². The van der Waals surface area contributed by atoms with E-state index < -0.39 is 6.16 Å². The predicted molar refractivity (Wildman–Crippen MR) is 18.1 cm³/mol. The first-order valence-corrected chi connectivity index (χ1v) is 1.82. The van der Waals surface area contributed by atoms with E-state index in [-0.39, 0.29) is 12.3 Å². The van der Waals surface area contributed by atoms with Crippen LogP contribution in [-0.2, 0) is 27.5 Å². The third-order valence-corrected chi connectivity index (χ3v) is 0. The number of rotatable bonds is 0. The average molecular weight is 203 g/mol. The molecule has 0 heterocycles. The third-order valence-electron chi connectivity index (χ3n) is 0. The van der Waals surface area contributed by atoms with Crippen molar-refractivity contribution in [2.24, 2.45) is 0 Å². The van der Waals surface area contributed by atoms with Crippen LogP contribution in [0.4, 0.5) is 4.79 Å². The van der Waals surface area contributed by atoms with E-state index in [4.69, 9.17) is 17.8 Å². The Kier molecular flexibility index (Phi) is 89.0. The van der Waals surface area contributed by atoms with Crippen LogP contribution in [-0.4, -0.2) is 6.16 Å². The van der Waals surface area contributed by atoms with Crippen LogP contribution in [0.15, 0.2) is 0 Å². The van der Waals surface area contributed by atoms with Crippen LogP contribution in [0.25, 0.3) is 0 Å². The maximum atomic E-state index is 8.34. The van der Waals surface area contributed by atoms with E-state index in [0.29, 0.717) is 24.7 Å². The van der Waals surface area contributed by atoms with Gasteiger partial charge < -0.3 is 27.3 Å². The third kappa shape index (κ3) is 8660. The van der Waals surface area contributed by atoms with E-state index in [0.717, 1.165) is 0 Å². The van der Waals surface area contributed by atoms with Gasteiger partial charge in [-0.15, -0.1) is 0 Å². The first-order chi connectivity index (χ1) is 2.73. The van der Waals surface area contributed by atoms with Crippen molar-refractivity contribution in [3.8, 4) is 0 Å². The molecule has 0 aromatic carbocycles. The van der Waals surface area contributed by atoms with Crippen molar-refractivity contribution in [2.75, 3.05) is 0 Å². The molecule has 0 unspecified atom stereocenters. The van der Waals surface area contributed by atoms with Crippen molar-refractivity contribution in [1.29, 1.82) is 0 Å². The molecule has 0 bridgehead atoms. The molecule has 8 N–H and O–H groups in total. The monoisotopic (exact) mass is 202 g/mol. The summed E-state index contributed by atoms with van der Waals surface area (Å²) in [4.78, 5) is 8.33. The number of carbonyl (C=O) groups is 1. The Morgan fingerprint density at radius 3 is 1.12 bits per heavy atom. The summed E-state index contributed by atoms with van der Waals surface area (Å²) in [5.74, 6) is 0. The van der Waals surface area contributed by atoms with Gasteiger partial charge in [0.05, 0.1) is 0 Å². The van der Waals surface area contributed by atoms with E-state index >= 15 is 0 Å². The van der Waals surface area contributed by atoms with Crippen molar-refractivity contribution in [1.82, 2.24) is 12.3 Å². The van der Waals surface area contributed by atoms with Crippen LogP contribution in [0.5, 0.6) is 0 Å². The first-order valence-electron chi connectivity index (χ1n) is 0.816. The van der Waals surface area contributed by atoms with E-state index in [1.165, 1.54) is 0 Å². The average Bonchev–Trinajstić information content (AvgIpc) is 1.41. The van der Waals surface area contributed by atoms with E-state index in [1.807, 2.05) is 0 Å². The summed E-state index contributed by atoms with van der Waals surface area (Å²) in [6.07, 6.45) is -2.33. The van der Waals surface area contributed by atoms with Gasteiger partial charge in [0.2, 0.25) is 0 Å². The summed E-state index contributed by atoms with van der Waals surface area (Å²) >= 11 is 0.300. The minimum atomic E-state index is -2.33. The molecule has 8 heavy (non-hydrogen) atoms. The van der Waals surface area contributed by atoms with Gasteiger partial charge in [0, 0.05) is 0 Å². The Balaban J connectivity index is -0.0000000183. The van der Waals surface area contributed by atoms with Crippen molar-refractivity contribution in [3.63, 3.8) is 0 Å². The molecule has 0 rings (SSSR count). The second-order valence-electron chi connectivity index (χ2n) is 0.250. The summed E-state index contributed by atoms with van der Waals surface area (Å²) in [5.41, 5.74) is 0. The van der Waals surface area contributed by atoms with Gasteiger partial charge in [-0.25, -0.2) is 0 Å². The van der Waals surface area contributed by atoms with Crippen molar-refractivity contribution < 1.29 is 42.5 Å². The van der Waals surface area contributed by atoms with Crippen LogP contribution in [0, 0.1) is 0 Å². The number of carboxylic acid groups (broad SMARTS) is 2. The van der Waals surface area contributed by atoms with Gasteiger partial charge in [-0.3, -0.25) is 0 Å². The molecular formula is CH8N2O4Zr. The molecule has 0 aliphatic carbocycles. The second kappa shape index (κ2) is 28.7. The predicted octanol–water partition coefficient (Wildman–Crippen LogP) is -1.82. The fourth-order valence-electron chi connectivity index (χ4n) is 0. The van der Waals surface area contributed by atoms with Crippen LogP contribution >= 0.6 is 0 Å². The van der Waals surface area contributed by atoms with Crippen molar-refractivity contribution in [3.05, 3.63) is 0 Å². The Morgan fingerprint density at radius 1 is 1.12 bits per heavy atom. The standard InChI is InChI=1S/CH2O3.2H3N.O.Zr/c2-1(3)4;;;;/h(H2,2,3,4);2*1H3;;. The zero-order valence-electron chi connectivity index (χ0n) is 4.63. The fourth-order valence-corrected chi connectivity index (χ4v) is 0. The van der Waals surface area contributed by atoms with E-state index in [1.54, 1.807) is 0 Å². The Morgan fingerprint density at radius 2 is 1.12 bits per heavy atom. The number of carbonyl (C=O) groups excluding carboxylic acids is 1.